The van der Waals surface area contributed by atoms with Crippen LogP contribution in [0.4, 0.5) is 4.39 Å². The van der Waals surface area contributed by atoms with Crippen LogP contribution in [0, 0.1) is 18.7 Å². The number of aromatic nitrogens is 3. The molecule has 2 aromatic heterocycles. The van der Waals surface area contributed by atoms with E-state index in [-0.39, 0.29) is 29.6 Å². The van der Waals surface area contributed by atoms with Gasteiger partial charge in [0.25, 0.3) is 0 Å². The predicted octanol–water partition coefficient (Wildman–Crippen LogP) is 1.89. The number of halogens is 1. The maximum atomic E-state index is 14.0. The van der Waals surface area contributed by atoms with E-state index in [0.29, 0.717) is 35.1 Å². The van der Waals surface area contributed by atoms with Gasteiger partial charge in [-0.1, -0.05) is 23.5 Å². The molecule has 1 saturated heterocycles. The Hall–Kier alpha value is -2.52. The molecule has 7 nitrogen and oxygen atoms in total. The highest BCUT2D eigenvalue weighted by Gasteiger charge is 2.37. The molecule has 0 bridgehead atoms. The molecule has 2 N–H and O–H groups in total. The molecule has 3 aromatic rings. The summed E-state index contributed by atoms with van der Waals surface area (Å²) in [5.41, 5.74) is 0.783. The van der Waals surface area contributed by atoms with Crippen molar-refractivity contribution >= 4 is 22.3 Å². The highest BCUT2D eigenvalue weighted by atomic mass is 32.1. The number of hydrogen-bond donors (Lipinski definition) is 2. The van der Waals surface area contributed by atoms with Crippen molar-refractivity contribution in [2.24, 2.45) is 5.92 Å². The number of piperidine rings is 1. The van der Waals surface area contributed by atoms with Crippen LogP contribution in [0.25, 0.3) is 4.96 Å². The van der Waals surface area contributed by atoms with Crippen LogP contribution in [-0.4, -0.2) is 45.4 Å². The average molecular weight is 420 g/mol. The summed E-state index contributed by atoms with van der Waals surface area (Å²) in [6, 6.07) is 6.21. The summed E-state index contributed by atoms with van der Waals surface area (Å²) < 4.78 is 20.6. The second-order valence-electron chi connectivity index (χ2n) is 7.32. The largest absolute Gasteiger partial charge is 0.492 e. The van der Waals surface area contributed by atoms with E-state index in [1.165, 1.54) is 32.9 Å². The number of thiazole rings is 1. The summed E-state index contributed by atoms with van der Waals surface area (Å²) in [5.74, 6) is 0.0578. The monoisotopic (exact) mass is 419 g/mol. The summed E-state index contributed by atoms with van der Waals surface area (Å²) in [5, 5.41) is 15.1. The lowest BCUT2D eigenvalue weighted by Crippen LogP contribution is -3.13. The van der Waals surface area contributed by atoms with Gasteiger partial charge >= 0.3 is 5.97 Å². The SMILES string of the molecule is CCOC(=O)C1CC[NH+]([C@H](c2cccc(F)c2)c2sc3nc(C)nn3c2O)CC1. The number of nitrogens with one attached hydrogen (secondary N) is 1. The maximum Gasteiger partial charge on any atom is 0.309 e. The topological polar surface area (TPSA) is 81.2 Å². The van der Waals surface area contributed by atoms with Gasteiger partial charge in [0.05, 0.1) is 25.6 Å². The molecule has 1 atom stereocenters. The van der Waals surface area contributed by atoms with Gasteiger partial charge in [0.15, 0.2) is 6.04 Å². The molecule has 1 aliphatic heterocycles. The van der Waals surface area contributed by atoms with Gasteiger partial charge in [-0.2, -0.15) is 4.52 Å². The van der Waals surface area contributed by atoms with E-state index < -0.39 is 0 Å². The van der Waals surface area contributed by atoms with E-state index in [2.05, 4.69) is 10.1 Å². The highest BCUT2D eigenvalue weighted by molar-refractivity contribution is 7.17. The number of carbonyl (C=O) groups is 1. The summed E-state index contributed by atoms with van der Waals surface area (Å²) in [6.07, 6.45) is 1.39. The molecule has 1 aromatic carbocycles. The predicted molar refractivity (Wildman–Crippen MR) is 106 cm³/mol. The third kappa shape index (κ3) is 3.84. The molecule has 1 aliphatic rings. The quantitative estimate of drug-likeness (QED) is 0.618. The van der Waals surface area contributed by atoms with Crippen LogP contribution >= 0.6 is 11.3 Å². The number of fused-ring (bicyclic) bond motifs is 1. The summed E-state index contributed by atoms with van der Waals surface area (Å²) in [4.78, 5) is 18.9. The molecule has 154 valence electrons. The van der Waals surface area contributed by atoms with Crippen molar-refractivity contribution in [1.82, 2.24) is 14.6 Å². The van der Waals surface area contributed by atoms with Crippen molar-refractivity contribution in [3.8, 4) is 5.88 Å². The number of carbonyl (C=O) groups excluding carboxylic acids is 1. The number of quaternary nitrogens is 1. The zero-order valence-corrected chi connectivity index (χ0v) is 17.2. The molecule has 0 aliphatic carbocycles. The number of nitrogens with zero attached hydrogens (tertiary/aromatic N) is 3. The van der Waals surface area contributed by atoms with Crippen LogP contribution in [0.3, 0.4) is 0 Å². The molecule has 4 rings (SSSR count). The Morgan fingerprint density at radius 2 is 2.21 bits per heavy atom. The van der Waals surface area contributed by atoms with Crippen LogP contribution in [0.2, 0.25) is 0 Å². The summed E-state index contributed by atoms with van der Waals surface area (Å²) in [7, 11) is 0. The van der Waals surface area contributed by atoms with Crippen molar-refractivity contribution in [1.29, 1.82) is 0 Å². The molecular weight excluding hydrogens is 395 g/mol. The fourth-order valence-corrected chi connectivity index (χ4v) is 5.25. The lowest BCUT2D eigenvalue weighted by atomic mass is 9.93. The maximum absolute atomic E-state index is 14.0. The molecule has 1 fully saturated rings. The van der Waals surface area contributed by atoms with Crippen molar-refractivity contribution in [3.05, 3.63) is 46.3 Å². The van der Waals surface area contributed by atoms with Crippen molar-refractivity contribution in [3.63, 3.8) is 0 Å². The number of esters is 1. The summed E-state index contributed by atoms with van der Waals surface area (Å²) >= 11 is 1.37. The highest BCUT2D eigenvalue weighted by Crippen LogP contribution is 2.35. The van der Waals surface area contributed by atoms with Crippen molar-refractivity contribution in [2.75, 3.05) is 19.7 Å². The van der Waals surface area contributed by atoms with Crippen LogP contribution in [0.1, 0.15) is 42.1 Å². The molecule has 0 radical (unpaired) electrons. The minimum Gasteiger partial charge on any atom is -0.492 e. The van der Waals surface area contributed by atoms with Gasteiger partial charge in [0, 0.05) is 18.4 Å². The van der Waals surface area contributed by atoms with E-state index in [1.54, 1.807) is 13.0 Å². The van der Waals surface area contributed by atoms with E-state index in [9.17, 15) is 14.3 Å². The van der Waals surface area contributed by atoms with Gasteiger partial charge in [0.2, 0.25) is 10.8 Å². The van der Waals surface area contributed by atoms with E-state index in [1.807, 2.05) is 13.0 Å². The first-order chi connectivity index (χ1) is 14.0. The lowest BCUT2D eigenvalue weighted by molar-refractivity contribution is -0.930. The smallest absolute Gasteiger partial charge is 0.309 e. The lowest BCUT2D eigenvalue weighted by Gasteiger charge is -2.33. The zero-order chi connectivity index (χ0) is 20.5. The standard InChI is InChI=1S/C20H23FN4O3S/c1-3-28-19(27)13-7-9-24(10-8-13)16(14-5-4-6-15(21)11-14)17-18(26)25-20(29-17)22-12(2)23-25/h4-6,11,13,16,26H,3,7-10H2,1-2H3/p+1/t16-/m1/s1. The Morgan fingerprint density at radius 3 is 2.86 bits per heavy atom. The Bertz CT molecular complexity index is 1030. The molecule has 0 saturated carbocycles. The third-order valence-electron chi connectivity index (χ3n) is 5.41. The molecule has 29 heavy (non-hydrogen) atoms. The van der Waals surface area contributed by atoms with Crippen LogP contribution in [0.15, 0.2) is 24.3 Å². The first-order valence-corrected chi connectivity index (χ1v) is 10.6. The third-order valence-corrected chi connectivity index (χ3v) is 6.49. The van der Waals surface area contributed by atoms with Crippen molar-refractivity contribution < 1.29 is 23.9 Å². The Labute approximate surface area is 171 Å². The van der Waals surface area contributed by atoms with E-state index in [4.69, 9.17) is 4.74 Å². The molecule has 0 unspecified atom stereocenters. The zero-order valence-electron chi connectivity index (χ0n) is 16.4. The Kier molecular flexibility index (Phi) is 5.51. The molecule has 0 amide bonds. The molecule has 3 heterocycles. The normalized spacial score (nSPS) is 20.7. The number of benzene rings is 1. The van der Waals surface area contributed by atoms with E-state index in [0.717, 1.165) is 18.7 Å². The van der Waals surface area contributed by atoms with Crippen LogP contribution in [-0.2, 0) is 9.53 Å². The van der Waals surface area contributed by atoms with Crippen molar-refractivity contribution in [2.45, 2.75) is 32.7 Å². The minimum absolute atomic E-state index is 0.0416. The van der Waals surface area contributed by atoms with E-state index >= 15 is 0 Å². The molecular formula is C20H24FN4O3S+. The van der Waals surface area contributed by atoms with Gasteiger partial charge in [-0.3, -0.25) is 4.79 Å². The second kappa shape index (κ2) is 8.08. The number of likely N-dealkylation sites (tertiary alicyclic amines) is 1. The number of rotatable bonds is 5. The fourth-order valence-electron chi connectivity index (χ4n) is 4.07. The van der Waals surface area contributed by atoms with Gasteiger partial charge in [-0.15, -0.1) is 5.10 Å². The number of aromatic hydroxyl groups is 1. The number of ether oxygens (including phenoxy) is 1. The number of aryl methyl sites for hydroxylation is 1. The van der Waals surface area contributed by atoms with Crippen LogP contribution < -0.4 is 4.90 Å². The summed E-state index contributed by atoms with van der Waals surface area (Å²) in [6.45, 7) is 5.40. The Balaban J connectivity index is 1.67. The minimum atomic E-state index is -0.317. The fraction of sp³-hybridized carbons (Fsp3) is 0.450. The molecule has 9 heteroatoms. The Morgan fingerprint density at radius 1 is 1.45 bits per heavy atom. The number of hydrogen-bond acceptors (Lipinski definition) is 6. The van der Waals surface area contributed by atoms with Gasteiger partial charge in [0.1, 0.15) is 16.5 Å². The molecule has 0 spiro atoms. The first kappa shape index (κ1) is 19.8. The van der Waals surface area contributed by atoms with Crippen LogP contribution in [0.5, 0.6) is 5.88 Å². The van der Waals surface area contributed by atoms with Gasteiger partial charge in [-0.05, 0) is 26.0 Å². The first-order valence-electron chi connectivity index (χ1n) is 9.79. The average Bonchev–Trinajstić information content (AvgIpc) is 3.20. The van der Waals surface area contributed by atoms with Gasteiger partial charge < -0.3 is 14.7 Å². The second-order valence-corrected chi connectivity index (χ2v) is 8.33. The van der Waals surface area contributed by atoms with Gasteiger partial charge in [-0.25, -0.2) is 9.37 Å².